The van der Waals surface area contributed by atoms with E-state index >= 15 is 0 Å². The summed E-state index contributed by atoms with van der Waals surface area (Å²) in [4.78, 5) is 2.65. The van der Waals surface area contributed by atoms with Gasteiger partial charge in [0, 0.05) is 25.7 Å². The lowest BCUT2D eigenvalue weighted by Crippen LogP contribution is -2.44. The summed E-state index contributed by atoms with van der Waals surface area (Å²) in [5.41, 5.74) is 0. The minimum atomic E-state index is 0.653. The molecule has 1 rings (SSSR count). The Balaban J connectivity index is 2.31. The summed E-state index contributed by atoms with van der Waals surface area (Å²) in [7, 11) is 1.80. The van der Waals surface area contributed by atoms with Crippen LogP contribution in [-0.4, -0.2) is 50.3 Å². The minimum absolute atomic E-state index is 0.653. The average Bonchev–Trinajstić information content (AvgIpc) is 3.19. The Kier molecular flexibility index (Phi) is 7.87. The van der Waals surface area contributed by atoms with Gasteiger partial charge in [-0.2, -0.15) is 0 Å². The van der Waals surface area contributed by atoms with E-state index in [0.717, 1.165) is 38.2 Å². The van der Waals surface area contributed by atoms with Crippen molar-refractivity contribution in [1.82, 2.24) is 10.2 Å². The minimum Gasteiger partial charge on any atom is -0.383 e. The van der Waals surface area contributed by atoms with Crippen LogP contribution >= 0.6 is 0 Å². The highest BCUT2D eigenvalue weighted by Gasteiger charge is 2.33. The van der Waals surface area contributed by atoms with Gasteiger partial charge in [0.25, 0.3) is 0 Å². The van der Waals surface area contributed by atoms with Crippen LogP contribution in [0.1, 0.15) is 46.5 Å². The first-order valence-corrected chi connectivity index (χ1v) is 7.66. The van der Waals surface area contributed by atoms with Gasteiger partial charge in [0.15, 0.2) is 0 Å². The van der Waals surface area contributed by atoms with E-state index in [-0.39, 0.29) is 0 Å². The second kappa shape index (κ2) is 8.89. The Hall–Kier alpha value is -0.120. The summed E-state index contributed by atoms with van der Waals surface area (Å²) < 4.78 is 5.26. The Labute approximate surface area is 113 Å². The fourth-order valence-electron chi connectivity index (χ4n) is 2.65. The van der Waals surface area contributed by atoms with Crippen LogP contribution in [0.5, 0.6) is 0 Å². The molecular weight excluding hydrogens is 224 g/mol. The second-order valence-corrected chi connectivity index (χ2v) is 5.70. The first kappa shape index (κ1) is 15.9. The zero-order chi connectivity index (χ0) is 13.4. The van der Waals surface area contributed by atoms with E-state index < -0.39 is 0 Å². The van der Waals surface area contributed by atoms with Gasteiger partial charge >= 0.3 is 0 Å². The van der Waals surface area contributed by atoms with E-state index in [0.29, 0.717) is 6.04 Å². The molecular formula is C15H32N2O. The van der Waals surface area contributed by atoms with Gasteiger partial charge in [-0.3, -0.25) is 4.90 Å². The van der Waals surface area contributed by atoms with E-state index in [2.05, 4.69) is 31.0 Å². The molecule has 1 N–H and O–H groups in total. The van der Waals surface area contributed by atoms with Crippen molar-refractivity contribution in [3.8, 4) is 0 Å². The number of ether oxygens (including phenoxy) is 1. The smallest absolute Gasteiger partial charge is 0.0589 e. The Bertz CT molecular complexity index is 207. The summed E-state index contributed by atoms with van der Waals surface area (Å²) in [6.45, 7) is 11.2. The predicted molar refractivity (Wildman–Crippen MR) is 78.0 cm³/mol. The molecule has 1 aliphatic rings. The second-order valence-electron chi connectivity index (χ2n) is 5.70. The molecule has 18 heavy (non-hydrogen) atoms. The van der Waals surface area contributed by atoms with Crippen molar-refractivity contribution in [3.63, 3.8) is 0 Å². The summed E-state index contributed by atoms with van der Waals surface area (Å²) in [5, 5.41) is 3.50. The van der Waals surface area contributed by atoms with Crippen molar-refractivity contribution < 1.29 is 4.74 Å². The van der Waals surface area contributed by atoms with Crippen LogP contribution in [0.4, 0.5) is 0 Å². The standard InChI is InChI=1S/C15H32N2O/c1-5-9-16-10-8-13(2)17(11-12-18-4)14(3)15-6-7-15/h13-16H,5-12H2,1-4H3. The maximum atomic E-state index is 5.26. The number of hydrogen-bond acceptors (Lipinski definition) is 3. The van der Waals surface area contributed by atoms with Crippen molar-refractivity contribution in [2.75, 3.05) is 33.4 Å². The summed E-state index contributed by atoms with van der Waals surface area (Å²) in [6.07, 6.45) is 5.30. The van der Waals surface area contributed by atoms with Crippen LogP contribution in [0.3, 0.4) is 0 Å². The highest BCUT2D eigenvalue weighted by molar-refractivity contribution is 4.87. The molecule has 0 aromatic rings. The molecule has 0 radical (unpaired) electrons. The highest BCUT2D eigenvalue weighted by atomic mass is 16.5. The van der Waals surface area contributed by atoms with Crippen LogP contribution in [0.25, 0.3) is 0 Å². The zero-order valence-electron chi connectivity index (χ0n) is 12.7. The predicted octanol–water partition coefficient (Wildman–Crippen LogP) is 2.51. The molecule has 0 aliphatic heterocycles. The van der Waals surface area contributed by atoms with E-state index in [4.69, 9.17) is 4.74 Å². The van der Waals surface area contributed by atoms with Crippen molar-refractivity contribution in [3.05, 3.63) is 0 Å². The van der Waals surface area contributed by atoms with Crippen LogP contribution in [-0.2, 0) is 4.74 Å². The first-order chi connectivity index (χ1) is 8.70. The molecule has 0 aromatic heterocycles. The Morgan fingerprint density at radius 2 is 2.00 bits per heavy atom. The van der Waals surface area contributed by atoms with Gasteiger partial charge in [-0.1, -0.05) is 6.92 Å². The fourth-order valence-corrected chi connectivity index (χ4v) is 2.65. The van der Waals surface area contributed by atoms with E-state index in [1.165, 1.54) is 25.7 Å². The maximum absolute atomic E-state index is 5.26. The summed E-state index contributed by atoms with van der Waals surface area (Å²) in [6, 6.07) is 1.38. The van der Waals surface area contributed by atoms with E-state index in [9.17, 15) is 0 Å². The molecule has 1 saturated carbocycles. The first-order valence-electron chi connectivity index (χ1n) is 7.66. The summed E-state index contributed by atoms with van der Waals surface area (Å²) in [5.74, 6) is 0.938. The van der Waals surface area contributed by atoms with Gasteiger partial charge in [0.1, 0.15) is 0 Å². The zero-order valence-corrected chi connectivity index (χ0v) is 12.7. The SMILES string of the molecule is CCCNCCC(C)N(CCOC)C(C)C1CC1. The van der Waals surface area contributed by atoms with Crippen molar-refractivity contribution >= 4 is 0 Å². The quantitative estimate of drug-likeness (QED) is 0.575. The maximum Gasteiger partial charge on any atom is 0.0589 e. The molecule has 0 heterocycles. The molecule has 0 spiro atoms. The van der Waals surface area contributed by atoms with E-state index in [1.54, 1.807) is 7.11 Å². The molecule has 1 aliphatic carbocycles. The number of rotatable bonds is 11. The highest BCUT2D eigenvalue weighted by Crippen LogP contribution is 2.35. The van der Waals surface area contributed by atoms with Crippen molar-refractivity contribution in [1.29, 1.82) is 0 Å². The van der Waals surface area contributed by atoms with Crippen LogP contribution in [0.15, 0.2) is 0 Å². The molecule has 0 amide bonds. The number of nitrogens with one attached hydrogen (secondary N) is 1. The van der Waals surface area contributed by atoms with Gasteiger partial charge in [-0.25, -0.2) is 0 Å². The molecule has 2 atom stereocenters. The summed E-state index contributed by atoms with van der Waals surface area (Å²) >= 11 is 0. The van der Waals surface area contributed by atoms with Crippen molar-refractivity contribution in [2.45, 2.75) is 58.5 Å². The fraction of sp³-hybridized carbons (Fsp3) is 1.00. The lowest BCUT2D eigenvalue weighted by Gasteiger charge is -2.35. The van der Waals surface area contributed by atoms with Crippen LogP contribution < -0.4 is 5.32 Å². The van der Waals surface area contributed by atoms with E-state index in [1.807, 2.05) is 0 Å². The molecule has 0 saturated heterocycles. The van der Waals surface area contributed by atoms with Crippen LogP contribution in [0, 0.1) is 5.92 Å². The number of nitrogens with zero attached hydrogens (tertiary/aromatic N) is 1. The largest absolute Gasteiger partial charge is 0.383 e. The van der Waals surface area contributed by atoms with Gasteiger partial charge in [0.2, 0.25) is 0 Å². The van der Waals surface area contributed by atoms with Gasteiger partial charge < -0.3 is 10.1 Å². The van der Waals surface area contributed by atoms with Crippen molar-refractivity contribution in [2.24, 2.45) is 5.92 Å². The molecule has 108 valence electrons. The Morgan fingerprint density at radius 1 is 1.28 bits per heavy atom. The van der Waals surface area contributed by atoms with Crippen LogP contribution in [0.2, 0.25) is 0 Å². The van der Waals surface area contributed by atoms with Gasteiger partial charge in [-0.05, 0) is 58.5 Å². The lowest BCUT2D eigenvalue weighted by molar-refractivity contribution is 0.0840. The third-order valence-corrected chi connectivity index (χ3v) is 4.11. The van der Waals surface area contributed by atoms with Gasteiger partial charge in [-0.15, -0.1) is 0 Å². The third-order valence-electron chi connectivity index (χ3n) is 4.11. The third kappa shape index (κ3) is 5.68. The van der Waals surface area contributed by atoms with Gasteiger partial charge in [0.05, 0.1) is 6.61 Å². The number of hydrogen-bond donors (Lipinski definition) is 1. The molecule has 3 heteroatoms. The normalized spacial score (nSPS) is 19.2. The molecule has 1 fully saturated rings. The Morgan fingerprint density at radius 3 is 2.56 bits per heavy atom. The molecule has 3 nitrogen and oxygen atoms in total. The monoisotopic (exact) mass is 256 g/mol. The topological polar surface area (TPSA) is 24.5 Å². The number of methoxy groups -OCH3 is 1. The lowest BCUT2D eigenvalue weighted by atomic mass is 10.1. The average molecular weight is 256 g/mol. The molecule has 0 aromatic carbocycles. The molecule has 0 bridgehead atoms. The molecule has 2 unspecified atom stereocenters.